The Labute approximate surface area is 140 Å². The standard InChI is InChI=1S/C16H19N3O3.ClH/c1-3-10-17-15(20)11-19-16(21)9-8-13(18-19)12-6-4-5-7-14(12)22-2;/h4-9H,3,10-11H2,1-2H3,(H,17,20);1H. The van der Waals surface area contributed by atoms with E-state index in [-0.39, 0.29) is 30.4 Å². The Morgan fingerprint density at radius 1 is 1.26 bits per heavy atom. The van der Waals surface area contributed by atoms with Crippen LogP contribution in [0.1, 0.15) is 13.3 Å². The summed E-state index contributed by atoms with van der Waals surface area (Å²) in [7, 11) is 1.58. The minimum Gasteiger partial charge on any atom is -0.496 e. The molecule has 23 heavy (non-hydrogen) atoms. The maximum Gasteiger partial charge on any atom is 0.267 e. The minimum absolute atomic E-state index is 0. The third-order valence-electron chi connectivity index (χ3n) is 3.12. The van der Waals surface area contributed by atoms with Crippen LogP contribution in [0.4, 0.5) is 0 Å². The van der Waals surface area contributed by atoms with Crippen LogP contribution in [0.3, 0.4) is 0 Å². The van der Waals surface area contributed by atoms with Crippen molar-refractivity contribution >= 4 is 18.3 Å². The summed E-state index contributed by atoms with van der Waals surface area (Å²) < 4.78 is 6.46. The molecule has 0 aliphatic rings. The molecule has 0 aliphatic heterocycles. The molecule has 1 aromatic heterocycles. The number of nitrogens with one attached hydrogen (secondary N) is 1. The SMILES string of the molecule is CCCNC(=O)Cn1nc(-c2ccccc2OC)ccc1=O.Cl. The molecule has 0 fully saturated rings. The van der Waals surface area contributed by atoms with Crippen LogP contribution in [-0.2, 0) is 11.3 Å². The number of carbonyl (C=O) groups is 1. The smallest absolute Gasteiger partial charge is 0.267 e. The van der Waals surface area contributed by atoms with Crippen LogP contribution < -0.4 is 15.6 Å². The molecule has 0 radical (unpaired) electrons. The van der Waals surface area contributed by atoms with Crippen molar-refractivity contribution in [3.8, 4) is 17.0 Å². The van der Waals surface area contributed by atoms with Gasteiger partial charge in [-0.05, 0) is 24.6 Å². The predicted molar refractivity (Wildman–Crippen MR) is 91.0 cm³/mol. The second kappa shape index (κ2) is 8.95. The van der Waals surface area contributed by atoms with Crippen LogP contribution in [0.2, 0.25) is 0 Å². The molecule has 2 aromatic rings. The summed E-state index contributed by atoms with van der Waals surface area (Å²) in [5.41, 5.74) is 1.04. The number of para-hydroxylation sites is 1. The van der Waals surface area contributed by atoms with E-state index in [2.05, 4.69) is 10.4 Å². The van der Waals surface area contributed by atoms with Crippen LogP contribution >= 0.6 is 12.4 Å². The fraction of sp³-hybridized carbons (Fsp3) is 0.312. The van der Waals surface area contributed by atoms with Gasteiger partial charge in [0.25, 0.3) is 5.56 Å². The summed E-state index contributed by atoms with van der Waals surface area (Å²) >= 11 is 0. The molecule has 1 aromatic carbocycles. The Bertz CT molecular complexity index is 716. The highest BCUT2D eigenvalue weighted by atomic mass is 35.5. The molecule has 0 unspecified atom stereocenters. The van der Waals surface area contributed by atoms with Crippen molar-refractivity contribution in [2.75, 3.05) is 13.7 Å². The van der Waals surface area contributed by atoms with Gasteiger partial charge >= 0.3 is 0 Å². The molecular formula is C16H20ClN3O3. The van der Waals surface area contributed by atoms with Gasteiger partial charge < -0.3 is 10.1 Å². The van der Waals surface area contributed by atoms with E-state index in [4.69, 9.17) is 4.74 Å². The highest BCUT2D eigenvalue weighted by Gasteiger charge is 2.10. The van der Waals surface area contributed by atoms with E-state index < -0.39 is 0 Å². The molecule has 0 atom stereocenters. The molecule has 0 bridgehead atoms. The monoisotopic (exact) mass is 337 g/mol. The van der Waals surface area contributed by atoms with Crippen molar-refractivity contribution in [2.24, 2.45) is 0 Å². The Kier molecular flexibility index (Phi) is 7.28. The Morgan fingerprint density at radius 3 is 2.70 bits per heavy atom. The van der Waals surface area contributed by atoms with Gasteiger partial charge in [0.1, 0.15) is 12.3 Å². The first kappa shape index (κ1) is 18.7. The summed E-state index contributed by atoms with van der Waals surface area (Å²) in [6.45, 7) is 2.45. The van der Waals surface area contributed by atoms with Gasteiger partial charge in [-0.3, -0.25) is 9.59 Å². The van der Waals surface area contributed by atoms with Crippen molar-refractivity contribution in [1.82, 2.24) is 15.1 Å². The Balaban J connectivity index is 0.00000264. The lowest BCUT2D eigenvalue weighted by molar-refractivity contribution is -0.121. The maximum atomic E-state index is 11.9. The normalized spacial score (nSPS) is 9.83. The molecule has 1 N–H and O–H groups in total. The molecule has 124 valence electrons. The largest absolute Gasteiger partial charge is 0.496 e. The number of amides is 1. The molecule has 0 spiro atoms. The van der Waals surface area contributed by atoms with Gasteiger partial charge in [0.15, 0.2) is 0 Å². The number of hydrogen-bond acceptors (Lipinski definition) is 4. The fourth-order valence-corrected chi connectivity index (χ4v) is 2.02. The molecule has 0 saturated carbocycles. The second-order valence-electron chi connectivity index (χ2n) is 4.76. The second-order valence-corrected chi connectivity index (χ2v) is 4.76. The summed E-state index contributed by atoms with van der Waals surface area (Å²) in [5.74, 6) is 0.435. The molecule has 1 amide bonds. The lowest BCUT2D eigenvalue weighted by Crippen LogP contribution is -2.33. The first-order valence-corrected chi connectivity index (χ1v) is 7.14. The molecule has 2 rings (SSSR count). The first-order chi connectivity index (χ1) is 10.7. The van der Waals surface area contributed by atoms with Crippen LogP contribution in [-0.4, -0.2) is 29.3 Å². The maximum absolute atomic E-state index is 11.9. The topological polar surface area (TPSA) is 73.2 Å². The molecular weight excluding hydrogens is 318 g/mol. The molecule has 7 heteroatoms. The van der Waals surface area contributed by atoms with Gasteiger partial charge in [-0.25, -0.2) is 4.68 Å². The highest BCUT2D eigenvalue weighted by molar-refractivity contribution is 5.85. The van der Waals surface area contributed by atoms with Gasteiger partial charge in [0.2, 0.25) is 5.91 Å². The molecule has 0 saturated heterocycles. The number of halogens is 1. The Hall–Kier alpha value is -2.34. The van der Waals surface area contributed by atoms with Crippen molar-refractivity contribution in [3.05, 3.63) is 46.8 Å². The van der Waals surface area contributed by atoms with Crippen molar-refractivity contribution in [3.63, 3.8) is 0 Å². The third kappa shape index (κ3) is 4.82. The van der Waals surface area contributed by atoms with Crippen LogP contribution in [0.25, 0.3) is 11.3 Å². The number of carbonyl (C=O) groups excluding carboxylic acids is 1. The van der Waals surface area contributed by atoms with E-state index in [0.29, 0.717) is 18.0 Å². The number of rotatable bonds is 6. The van der Waals surface area contributed by atoms with Gasteiger partial charge in [0, 0.05) is 18.2 Å². The molecule has 0 aliphatic carbocycles. The quantitative estimate of drug-likeness (QED) is 0.873. The first-order valence-electron chi connectivity index (χ1n) is 7.14. The van der Waals surface area contributed by atoms with Crippen LogP contribution in [0, 0.1) is 0 Å². The molecule has 1 heterocycles. The van der Waals surface area contributed by atoms with Crippen molar-refractivity contribution < 1.29 is 9.53 Å². The average Bonchev–Trinajstić information content (AvgIpc) is 2.55. The molecule has 6 nitrogen and oxygen atoms in total. The van der Waals surface area contributed by atoms with E-state index in [1.807, 2.05) is 31.2 Å². The lowest BCUT2D eigenvalue weighted by Gasteiger charge is -2.10. The van der Waals surface area contributed by atoms with E-state index in [0.717, 1.165) is 16.7 Å². The zero-order chi connectivity index (χ0) is 15.9. The van der Waals surface area contributed by atoms with Gasteiger partial charge in [0.05, 0.1) is 12.8 Å². The number of hydrogen-bond donors (Lipinski definition) is 1. The van der Waals surface area contributed by atoms with Crippen molar-refractivity contribution in [1.29, 1.82) is 0 Å². The minimum atomic E-state index is -0.315. The van der Waals surface area contributed by atoms with Crippen LogP contribution in [0.5, 0.6) is 5.75 Å². The predicted octanol–water partition coefficient (Wildman–Crippen LogP) is 1.87. The van der Waals surface area contributed by atoms with E-state index >= 15 is 0 Å². The number of methoxy groups -OCH3 is 1. The fourth-order valence-electron chi connectivity index (χ4n) is 2.02. The van der Waals surface area contributed by atoms with Gasteiger partial charge in [-0.2, -0.15) is 5.10 Å². The number of nitrogens with zero attached hydrogens (tertiary/aromatic N) is 2. The zero-order valence-electron chi connectivity index (χ0n) is 13.1. The number of benzene rings is 1. The van der Waals surface area contributed by atoms with Crippen LogP contribution in [0.15, 0.2) is 41.2 Å². The van der Waals surface area contributed by atoms with Gasteiger partial charge in [-0.1, -0.05) is 19.1 Å². The highest BCUT2D eigenvalue weighted by Crippen LogP contribution is 2.26. The van der Waals surface area contributed by atoms with Gasteiger partial charge in [-0.15, -0.1) is 12.4 Å². The van der Waals surface area contributed by atoms with Crippen molar-refractivity contribution in [2.45, 2.75) is 19.9 Å². The lowest BCUT2D eigenvalue weighted by atomic mass is 10.1. The Morgan fingerprint density at radius 2 is 2.00 bits per heavy atom. The summed E-state index contributed by atoms with van der Waals surface area (Å²) in [6.07, 6.45) is 0.843. The summed E-state index contributed by atoms with van der Waals surface area (Å²) in [4.78, 5) is 23.6. The summed E-state index contributed by atoms with van der Waals surface area (Å²) in [6, 6.07) is 10.4. The number of ether oxygens (including phenoxy) is 1. The average molecular weight is 338 g/mol. The summed E-state index contributed by atoms with van der Waals surface area (Å²) in [5, 5.41) is 6.99. The van der Waals surface area contributed by atoms with E-state index in [9.17, 15) is 9.59 Å². The van der Waals surface area contributed by atoms with E-state index in [1.54, 1.807) is 13.2 Å². The van der Waals surface area contributed by atoms with E-state index in [1.165, 1.54) is 6.07 Å². The third-order valence-corrected chi connectivity index (χ3v) is 3.12. The zero-order valence-corrected chi connectivity index (χ0v) is 13.9. The number of aromatic nitrogens is 2.